The number of carbonyl (C=O) groups excluding carboxylic acids is 1. The van der Waals surface area contributed by atoms with Gasteiger partial charge in [0.2, 0.25) is 0 Å². The molecule has 0 aliphatic carbocycles. The lowest BCUT2D eigenvalue weighted by Gasteiger charge is -2.15. The molecule has 0 bridgehead atoms. The van der Waals surface area contributed by atoms with Crippen molar-refractivity contribution in [2.24, 2.45) is 0 Å². The van der Waals surface area contributed by atoms with E-state index in [1.807, 2.05) is 0 Å². The van der Waals surface area contributed by atoms with E-state index in [9.17, 15) is 19.8 Å². The van der Waals surface area contributed by atoms with Gasteiger partial charge in [0.25, 0.3) is 5.91 Å². The third kappa shape index (κ3) is 3.42. The molecule has 3 rings (SSSR count). The van der Waals surface area contributed by atoms with E-state index >= 15 is 0 Å². The summed E-state index contributed by atoms with van der Waals surface area (Å²) in [5.74, 6) is -1.21. The number of aromatic carboxylic acids is 1. The number of hydrogen-bond acceptors (Lipinski definition) is 5. The highest BCUT2D eigenvalue weighted by Crippen LogP contribution is 2.36. The van der Waals surface area contributed by atoms with Crippen LogP contribution in [0.5, 0.6) is 5.75 Å². The maximum atomic E-state index is 12.7. The highest BCUT2D eigenvalue weighted by Gasteiger charge is 2.33. The molecule has 1 aliphatic heterocycles. The minimum Gasteiger partial charge on any atom is -0.508 e. The highest BCUT2D eigenvalue weighted by molar-refractivity contribution is 8.27. The standard InChI is InChI=1S/C18H13NO4S2/c1-10-2-5-12(9-14(10)17(22)23)19-16(21)15(25-18(19)24)8-11-3-6-13(20)7-4-11/h2-9,20H,1H3,(H,22,23)/b15-8-. The fraction of sp³-hybridized carbons (Fsp3) is 0.0556. The monoisotopic (exact) mass is 371 g/mol. The van der Waals surface area contributed by atoms with Gasteiger partial charge in [0.05, 0.1) is 16.2 Å². The predicted octanol–water partition coefficient (Wildman–Crippen LogP) is 3.80. The van der Waals surface area contributed by atoms with Crippen LogP contribution in [0.1, 0.15) is 21.5 Å². The Morgan fingerprint density at radius 1 is 1.20 bits per heavy atom. The van der Waals surface area contributed by atoms with Crippen LogP contribution in [0, 0.1) is 6.92 Å². The second-order valence-electron chi connectivity index (χ2n) is 5.41. The van der Waals surface area contributed by atoms with Crippen molar-refractivity contribution >= 4 is 51.9 Å². The molecule has 1 aliphatic rings. The molecule has 0 aromatic heterocycles. The van der Waals surface area contributed by atoms with Gasteiger partial charge in [-0.2, -0.15) is 0 Å². The van der Waals surface area contributed by atoms with E-state index in [1.54, 1.807) is 37.3 Å². The SMILES string of the molecule is Cc1ccc(N2C(=O)/C(=C/c3ccc(O)cc3)SC2=S)cc1C(=O)O. The molecule has 1 heterocycles. The number of amides is 1. The average Bonchev–Trinajstić information content (AvgIpc) is 2.84. The molecule has 0 radical (unpaired) electrons. The van der Waals surface area contributed by atoms with Crippen molar-refractivity contribution in [3.8, 4) is 5.75 Å². The zero-order chi connectivity index (χ0) is 18.1. The number of benzene rings is 2. The van der Waals surface area contributed by atoms with Crippen LogP contribution in [-0.4, -0.2) is 26.4 Å². The normalized spacial score (nSPS) is 15.9. The Balaban J connectivity index is 1.95. The zero-order valence-electron chi connectivity index (χ0n) is 13.1. The van der Waals surface area contributed by atoms with Gasteiger partial charge >= 0.3 is 5.97 Å². The van der Waals surface area contributed by atoms with Gasteiger partial charge in [-0.15, -0.1) is 0 Å². The number of rotatable bonds is 3. The minimum absolute atomic E-state index is 0.133. The van der Waals surface area contributed by atoms with E-state index in [0.717, 1.165) is 17.3 Å². The highest BCUT2D eigenvalue weighted by atomic mass is 32.2. The largest absolute Gasteiger partial charge is 0.508 e. The van der Waals surface area contributed by atoms with Crippen molar-refractivity contribution in [1.82, 2.24) is 0 Å². The lowest BCUT2D eigenvalue weighted by Crippen LogP contribution is -2.27. The Labute approximate surface area is 153 Å². The molecule has 2 aromatic carbocycles. The molecule has 1 saturated heterocycles. The molecule has 0 saturated carbocycles. The van der Waals surface area contributed by atoms with Crippen LogP contribution in [0.4, 0.5) is 5.69 Å². The summed E-state index contributed by atoms with van der Waals surface area (Å²) in [6, 6.07) is 11.2. The van der Waals surface area contributed by atoms with Gasteiger partial charge in [-0.3, -0.25) is 9.69 Å². The molecule has 5 nitrogen and oxygen atoms in total. The van der Waals surface area contributed by atoms with E-state index in [1.165, 1.54) is 23.1 Å². The van der Waals surface area contributed by atoms with Crippen LogP contribution in [0.25, 0.3) is 6.08 Å². The van der Waals surface area contributed by atoms with Gasteiger partial charge in [0, 0.05) is 0 Å². The summed E-state index contributed by atoms with van der Waals surface area (Å²) in [7, 11) is 0. The topological polar surface area (TPSA) is 77.8 Å². The molecular formula is C18H13NO4S2. The van der Waals surface area contributed by atoms with Crippen molar-refractivity contribution < 1.29 is 19.8 Å². The van der Waals surface area contributed by atoms with Crippen LogP contribution in [-0.2, 0) is 4.79 Å². The molecule has 25 heavy (non-hydrogen) atoms. The number of thioether (sulfide) groups is 1. The summed E-state index contributed by atoms with van der Waals surface area (Å²) in [6.07, 6.45) is 1.69. The fourth-order valence-corrected chi connectivity index (χ4v) is 3.69. The molecule has 0 spiro atoms. The van der Waals surface area contributed by atoms with Gasteiger partial charge < -0.3 is 10.2 Å². The Hall–Kier alpha value is -2.64. The summed E-state index contributed by atoms with van der Waals surface area (Å²) in [6.45, 7) is 1.70. The zero-order valence-corrected chi connectivity index (χ0v) is 14.7. The lowest BCUT2D eigenvalue weighted by molar-refractivity contribution is -0.113. The van der Waals surface area contributed by atoms with E-state index < -0.39 is 5.97 Å². The van der Waals surface area contributed by atoms with Crippen molar-refractivity contribution in [1.29, 1.82) is 0 Å². The number of phenolic OH excluding ortho intramolecular Hbond substituents is 1. The summed E-state index contributed by atoms with van der Waals surface area (Å²) in [4.78, 5) is 25.8. The van der Waals surface area contributed by atoms with Crippen molar-refractivity contribution in [2.45, 2.75) is 6.92 Å². The first-order chi connectivity index (χ1) is 11.9. The first-order valence-corrected chi connectivity index (χ1v) is 8.50. The number of nitrogens with zero attached hydrogens (tertiary/aromatic N) is 1. The molecule has 7 heteroatoms. The van der Waals surface area contributed by atoms with E-state index in [2.05, 4.69) is 0 Å². The number of carbonyl (C=O) groups is 2. The van der Waals surface area contributed by atoms with Crippen LogP contribution in [0.15, 0.2) is 47.4 Å². The van der Waals surface area contributed by atoms with Crippen LogP contribution in [0.3, 0.4) is 0 Å². The molecule has 2 aromatic rings. The lowest BCUT2D eigenvalue weighted by atomic mass is 10.1. The number of aryl methyl sites for hydroxylation is 1. The smallest absolute Gasteiger partial charge is 0.336 e. The summed E-state index contributed by atoms with van der Waals surface area (Å²) in [5.41, 5.74) is 1.93. The van der Waals surface area contributed by atoms with Gasteiger partial charge in [0.1, 0.15) is 5.75 Å². The van der Waals surface area contributed by atoms with Crippen molar-refractivity contribution in [2.75, 3.05) is 4.90 Å². The quantitative estimate of drug-likeness (QED) is 0.631. The second-order valence-corrected chi connectivity index (χ2v) is 7.09. The number of carboxylic acids is 1. The van der Waals surface area contributed by atoms with Crippen LogP contribution >= 0.6 is 24.0 Å². The van der Waals surface area contributed by atoms with Crippen molar-refractivity contribution in [3.05, 3.63) is 64.1 Å². The Bertz CT molecular complexity index is 919. The summed E-state index contributed by atoms with van der Waals surface area (Å²) >= 11 is 6.45. The summed E-state index contributed by atoms with van der Waals surface area (Å²) < 4.78 is 0.343. The Kier molecular flexibility index (Phi) is 4.61. The molecular weight excluding hydrogens is 358 g/mol. The maximum absolute atomic E-state index is 12.7. The molecule has 1 amide bonds. The first kappa shape index (κ1) is 17.2. The van der Waals surface area contributed by atoms with Crippen molar-refractivity contribution in [3.63, 3.8) is 0 Å². The number of aromatic hydroxyl groups is 1. The summed E-state index contributed by atoms with van der Waals surface area (Å²) in [5, 5.41) is 18.6. The Morgan fingerprint density at radius 3 is 2.52 bits per heavy atom. The fourth-order valence-electron chi connectivity index (χ4n) is 2.39. The molecule has 1 fully saturated rings. The maximum Gasteiger partial charge on any atom is 0.336 e. The molecule has 0 atom stereocenters. The number of phenols is 1. The van der Waals surface area contributed by atoms with Gasteiger partial charge in [0.15, 0.2) is 4.32 Å². The first-order valence-electron chi connectivity index (χ1n) is 7.28. The second kappa shape index (κ2) is 6.70. The third-order valence-corrected chi connectivity index (χ3v) is 5.00. The van der Waals surface area contributed by atoms with Gasteiger partial charge in [-0.1, -0.05) is 42.2 Å². The minimum atomic E-state index is -1.05. The molecule has 0 unspecified atom stereocenters. The van der Waals surface area contributed by atoms with E-state index in [-0.39, 0.29) is 17.2 Å². The molecule has 2 N–H and O–H groups in total. The van der Waals surface area contributed by atoms with E-state index in [0.29, 0.717) is 20.5 Å². The van der Waals surface area contributed by atoms with Crippen LogP contribution < -0.4 is 4.90 Å². The number of thiocarbonyl (C=S) groups is 1. The Morgan fingerprint density at radius 2 is 1.88 bits per heavy atom. The van der Waals surface area contributed by atoms with Gasteiger partial charge in [-0.05, 0) is 48.4 Å². The third-order valence-electron chi connectivity index (χ3n) is 3.69. The van der Waals surface area contributed by atoms with Crippen LogP contribution in [0.2, 0.25) is 0 Å². The molecule has 126 valence electrons. The predicted molar refractivity (Wildman–Crippen MR) is 102 cm³/mol. The van der Waals surface area contributed by atoms with E-state index in [4.69, 9.17) is 12.2 Å². The van der Waals surface area contributed by atoms with Gasteiger partial charge in [-0.25, -0.2) is 4.79 Å². The number of anilines is 1. The average molecular weight is 371 g/mol. The number of hydrogen-bond donors (Lipinski definition) is 2. The number of carboxylic acid groups (broad SMARTS) is 1.